The summed E-state index contributed by atoms with van der Waals surface area (Å²) in [6.07, 6.45) is -0.483. The quantitative estimate of drug-likeness (QED) is 0.796. The van der Waals surface area contributed by atoms with Crippen LogP contribution in [-0.4, -0.2) is 11.7 Å². The van der Waals surface area contributed by atoms with Gasteiger partial charge >= 0.3 is 6.09 Å². The monoisotopic (exact) mass is 273 g/mol. The average Bonchev–Trinajstić information content (AvgIpc) is 2.17. The minimum absolute atomic E-state index is 0.483. The van der Waals surface area contributed by atoms with E-state index in [2.05, 4.69) is 17.9 Å². The second-order valence-electron chi connectivity index (χ2n) is 4.59. The number of nitrogens with one attached hydrogen (secondary N) is 1. The van der Waals surface area contributed by atoms with Crippen molar-refractivity contribution in [3.05, 3.63) is 28.8 Å². The molecule has 0 atom stereocenters. The molecule has 17 heavy (non-hydrogen) atoms. The van der Waals surface area contributed by atoms with Crippen LogP contribution in [0.2, 0.25) is 5.02 Å². The van der Waals surface area contributed by atoms with E-state index in [-0.39, 0.29) is 0 Å². The zero-order valence-corrected chi connectivity index (χ0v) is 11.7. The number of hydrogen-bond acceptors (Lipinski definition) is 3. The highest BCUT2D eigenvalue weighted by atomic mass is 35.5. The lowest BCUT2D eigenvalue weighted by Crippen LogP contribution is -2.27. The second-order valence-corrected chi connectivity index (χ2v) is 5.34. The molecule has 0 aliphatic rings. The lowest BCUT2D eigenvalue weighted by molar-refractivity contribution is 0.0636. The molecule has 0 fully saturated rings. The third kappa shape index (κ3) is 4.88. The number of rotatable bonds is 2. The fourth-order valence-electron chi connectivity index (χ4n) is 1.23. The van der Waals surface area contributed by atoms with Crippen LogP contribution >= 0.6 is 24.2 Å². The molecule has 1 N–H and O–H groups in total. The summed E-state index contributed by atoms with van der Waals surface area (Å²) < 4.78 is 5.16. The summed E-state index contributed by atoms with van der Waals surface area (Å²) in [5, 5.41) is 3.29. The highest BCUT2D eigenvalue weighted by molar-refractivity contribution is 7.79. The average molecular weight is 274 g/mol. The first-order valence-corrected chi connectivity index (χ1v) is 6.22. The largest absolute Gasteiger partial charge is 0.444 e. The molecule has 0 aliphatic heterocycles. The number of thiol groups is 1. The molecule has 1 rings (SSSR count). The van der Waals surface area contributed by atoms with Gasteiger partial charge in [0.05, 0.1) is 0 Å². The normalized spacial score (nSPS) is 11.1. The van der Waals surface area contributed by atoms with Gasteiger partial charge in [0.2, 0.25) is 0 Å². The van der Waals surface area contributed by atoms with E-state index in [1.54, 1.807) is 18.2 Å². The smallest absolute Gasteiger partial charge is 0.412 e. The molecule has 94 valence electrons. The third-order valence-electron chi connectivity index (χ3n) is 1.87. The van der Waals surface area contributed by atoms with Crippen LogP contribution in [0.5, 0.6) is 0 Å². The number of carbonyl (C=O) groups excluding carboxylic acids is 1. The second kappa shape index (κ2) is 5.65. The Bertz CT molecular complexity index is 415. The summed E-state index contributed by atoms with van der Waals surface area (Å²) in [4.78, 5) is 11.6. The molecule has 0 aliphatic carbocycles. The zero-order valence-electron chi connectivity index (χ0n) is 10.1. The van der Waals surface area contributed by atoms with Crippen molar-refractivity contribution in [2.75, 3.05) is 5.32 Å². The summed E-state index contributed by atoms with van der Waals surface area (Å²) >= 11 is 10.0. The molecule has 5 heteroatoms. The number of anilines is 1. The van der Waals surface area contributed by atoms with Crippen molar-refractivity contribution in [2.45, 2.75) is 32.1 Å². The first kappa shape index (κ1) is 14.2. The van der Waals surface area contributed by atoms with Crippen LogP contribution in [0.1, 0.15) is 26.3 Å². The molecule has 0 spiro atoms. The molecule has 0 heterocycles. The molecule has 1 amide bonds. The Morgan fingerprint density at radius 1 is 1.47 bits per heavy atom. The van der Waals surface area contributed by atoms with E-state index in [1.165, 1.54) is 0 Å². The summed E-state index contributed by atoms with van der Waals surface area (Å²) in [6, 6.07) is 5.21. The predicted octanol–water partition coefficient (Wildman–Crippen LogP) is 4.12. The number of carbonyl (C=O) groups is 1. The van der Waals surface area contributed by atoms with E-state index in [0.717, 1.165) is 5.56 Å². The Balaban J connectivity index is 2.78. The van der Waals surface area contributed by atoms with Gasteiger partial charge in [0.15, 0.2) is 0 Å². The molecule has 0 saturated carbocycles. The Morgan fingerprint density at radius 3 is 2.65 bits per heavy atom. The molecule has 1 aromatic carbocycles. The van der Waals surface area contributed by atoms with E-state index in [4.69, 9.17) is 16.3 Å². The number of amides is 1. The number of ether oxygens (including phenoxy) is 1. The van der Waals surface area contributed by atoms with Crippen molar-refractivity contribution in [3.8, 4) is 0 Å². The van der Waals surface area contributed by atoms with Crippen molar-refractivity contribution in [1.82, 2.24) is 0 Å². The standard InChI is InChI=1S/C12H16ClNO2S/c1-12(2,3)16-11(15)14-10-5-4-9(13)6-8(10)7-17/h4-6,17H,7H2,1-3H3,(H,14,15). The Hall–Kier alpha value is -0.870. The minimum atomic E-state index is -0.516. The van der Waals surface area contributed by atoms with Crippen LogP contribution in [0.4, 0.5) is 10.5 Å². The van der Waals surface area contributed by atoms with E-state index in [1.807, 2.05) is 20.8 Å². The van der Waals surface area contributed by atoms with Gasteiger partial charge in [-0.1, -0.05) is 11.6 Å². The summed E-state index contributed by atoms with van der Waals surface area (Å²) in [7, 11) is 0. The molecule has 3 nitrogen and oxygen atoms in total. The Kier molecular flexibility index (Phi) is 4.71. The van der Waals surface area contributed by atoms with Gasteiger partial charge in [-0.3, -0.25) is 5.32 Å². The van der Waals surface area contributed by atoms with Gasteiger partial charge in [-0.05, 0) is 44.5 Å². The van der Waals surface area contributed by atoms with Crippen molar-refractivity contribution in [3.63, 3.8) is 0 Å². The maximum atomic E-state index is 11.6. The van der Waals surface area contributed by atoms with Crippen LogP contribution in [0, 0.1) is 0 Å². The molecular formula is C12H16ClNO2S. The van der Waals surface area contributed by atoms with Crippen molar-refractivity contribution >= 4 is 36.0 Å². The summed E-state index contributed by atoms with van der Waals surface area (Å²) in [5.41, 5.74) is 1.00. The Morgan fingerprint density at radius 2 is 2.12 bits per heavy atom. The maximum Gasteiger partial charge on any atom is 0.412 e. The van der Waals surface area contributed by atoms with Gasteiger partial charge in [-0.15, -0.1) is 0 Å². The fourth-order valence-corrected chi connectivity index (χ4v) is 1.68. The molecular weight excluding hydrogens is 258 g/mol. The van der Waals surface area contributed by atoms with Crippen molar-refractivity contribution < 1.29 is 9.53 Å². The van der Waals surface area contributed by atoms with Gasteiger partial charge in [0.1, 0.15) is 5.60 Å². The fraction of sp³-hybridized carbons (Fsp3) is 0.417. The van der Waals surface area contributed by atoms with Crippen LogP contribution < -0.4 is 5.32 Å². The number of halogens is 1. The van der Waals surface area contributed by atoms with Crippen LogP contribution in [-0.2, 0) is 10.5 Å². The van der Waals surface area contributed by atoms with E-state index < -0.39 is 11.7 Å². The molecule has 0 saturated heterocycles. The predicted molar refractivity (Wildman–Crippen MR) is 74.0 cm³/mol. The van der Waals surface area contributed by atoms with Crippen molar-refractivity contribution in [1.29, 1.82) is 0 Å². The highest BCUT2D eigenvalue weighted by Gasteiger charge is 2.17. The number of hydrogen-bond donors (Lipinski definition) is 2. The number of benzene rings is 1. The lowest BCUT2D eigenvalue weighted by Gasteiger charge is -2.20. The van der Waals surface area contributed by atoms with Gasteiger partial charge in [0.25, 0.3) is 0 Å². The molecule has 0 bridgehead atoms. The molecule has 1 aromatic rings. The topological polar surface area (TPSA) is 38.3 Å². The van der Waals surface area contributed by atoms with E-state index in [9.17, 15) is 4.79 Å². The van der Waals surface area contributed by atoms with E-state index in [0.29, 0.717) is 16.5 Å². The SMILES string of the molecule is CC(C)(C)OC(=O)Nc1ccc(Cl)cc1CS. The van der Waals surface area contributed by atoms with Crippen molar-refractivity contribution in [2.24, 2.45) is 0 Å². The summed E-state index contributed by atoms with van der Waals surface area (Å²) in [6.45, 7) is 5.44. The molecule has 0 unspecified atom stereocenters. The Labute approximate surface area is 112 Å². The van der Waals surface area contributed by atoms with Gasteiger partial charge < -0.3 is 4.74 Å². The van der Waals surface area contributed by atoms with Crippen LogP contribution in [0.3, 0.4) is 0 Å². The van der Waals surface area contributed by atoms with Gasteiger partial charge in [-0.2, -0.15) is 12.6 Å². The maximum absolute atomic E-state index is 11.6. The highest BCUT2D eigenvalue weighted by Crippen LogP contribution is 2.22. The van der Waals surface area contributed by atoms with E-state index >= 15 is 0 Å². The van der Waals surface area contributed by atoms with Gasteiger partial charge in [-0.25, -0.2) is 4.79 Å². The van der Waals surface area contributed by atoms with Crippen LogP contribution in [0.25, 0.3) is 0 Å². The van der Waals surface area contributed by atoms with Crippen LogP contribution in [0.15, 0.2) is 18.2 Å². The first-order chi connectivity index (χ1) is 7.81. The first-order valence-electron chi connectivity index (χ1n) is 5.21. The van der Waals surface area contributed by atoms with Gasteiger partial charge in [0, 0.05) is 16.5 Å². The lowest BCUT2D eigenvalue weighted by atomic mass is 10.2. The third-order valence-corrected chi connectivity index (χ3v) is 2.45. The zero-order chi connectivity index (χ0) is 13.1. The molecule has 0 aromatic heterocycles. The minimum Gasteiger partial charge on any atom is -0.444 e. The summed E-state index contributed by atoms with van der Waals surface area (Å²) in [5.74, 6) is 0.492. The molecule has 0 radical (unpaired) electrons.